The van der Waals surface area contributed by atoms with Gasteiger partial charge in [-0.3, -0.25) is 9.59 Å². The Morgan fingerprint density at radius 1 is 0.964 bits per heavy atom. The molecule has 2 aliphatic rings. The molecule has 5 nitrogen and oxygen atoms in total. The molecular formula is C23H35N3O2. The fourth-order valence-corrected chi connectivity index (χ4v) is 4.65. The predicted octanol–water partition coefficient (Wildman–Crippen LogP) is 3.32. The Balaban J connectivity index is 1.48. The van der Waals surface area contributed by atoms with E-state index in [0.29, 0.717) is 5.91 Å². The summed E-state index contributed by atoms with van der Waals surface area (Å²) >= 11 is 0. The van der Waals surface area contributed by atoms with E-state index in [2.05, 4.69) is 36.1 Å². The molecule has 0 spiro atoms. The fourth-order valence-electron chi connectivity index (χ4n) is 4.65. The highest BCUT2D eigenvalue weighted by molar-refractivity contribution is 5.81. The van der Waals surface area contributed by atoms with E-state index in [4.69, 9.17) is 0 Å². The molecule has 1 aliphatic heterocycles. The quantitative estimate of drug-likeness (QED) is 0.781. The average Bonchev–Trinajstić information content (AvgIpc) is 2.74. The molecule has 0 radical (unpaired) electrons. The van der Waals surface area contributed by atoms with Gasteiger partial charge in [-0.05, 0) is 64.2 Å². The smallest absolute Gasteiger partial charge is 0.225 e. The Hall–Kier alpha value is -2.04. The van der Waals surface area contributed by atoms with E-state index in [1.807, 2.05) is 23.6 Å². The van der Waals surface area contributed by atoms with Gasteiger partial charge >= 0.3 is 0 Å². The Kier molecular flexibility index (Phi) is 6.97. The SMILES string of the molecule is CCN(CC)C(=O)C1CCC(C(=O)N2CCN(c3cccc(C)c3)CC2)CC1. The van der Waals surface area contributed by atoms with Crippen LogP contribution in [0.3, 0.4) is 0 Å². The largest absolute Gasteiger partial charge is 0.368 e. The summed E-state index contributed by atoms with van der Waals surface area (Å²) < 4.78 is 0. The molecule has 5 heteroatoms. The first kappa shape index (κ1) is 20.7. The summed E-state index contributed by atoms with van der Waals surface area (Å²) in [6, 6.07) is 8.58. The van der Waals surface area contributed by atoms with Crippen LogP contribution < -0.4 is 4.90 Å². The van der Waals surface area contributed by atoms with Gasteiger partial charge < -0.3 is 14.7 Å². The Morgan fingerprint density at radius 3 is 2.14 bits per heavy atom. The number of anilines is 1. The van der Waals surface area contributed by atoms with Gasteiger partial charge in [0, 0.05) is 56.8 Å². The van der Waals surface area contributed by atoms with Crippen LogP contribution in [0.15, 0.2) is 24.3 Å². The van der Waals surface area contributed by atoms with Crippen LogP contribution in [0.25, 0.3) is 0 Å². The minimum Gasteiger partial charge on any atom is -0.368 e. The van der Waals surface area contributed by atoms with Gasteiger partial charge in [0.25, 0.3) is 0 Å². The molecular weight excluding hydrogens is 350 g/mol. The van der Waals surface area contributed by atoms with Gasteiger partial charge in [-0.15, -0.1) is 0 Å². The van der Waals surface area contributed by atoms with E-state index in [1.54, 1.807) is 0 Å². The third kappa shape index (κ3) is 4.68. The van der Waals surface area contributed by atoms with Crippen molar-refractivity contribution in [2.45, 2.75) is 46.5 Å². The summed E-state index contributed by atoms with van der Waals surface area (Å²) in [6.45, 7) is 11.1. The lowest BCUT2D eigenvalue weighted by atomic mass is 9.80. The van der Waals surface area contributed by atoms with E-state index in [9.17, 15) is 9.59 Å². The second kappa shape index (κ2) is 9.44. The number of benzene rings is 1. The van der Waals surface area contributed by atoms with Crippen molar-refractivity contribution in [3.05, 3.63) is 29.8 Å². The van der Waals surface area contributed by atoms with Crippen molar-refractivity contribution < 1.29 is 9.59 Å². The topological polar surface area (TPSA) is 43.9 Å². The molecule has 1 saturated heterocycles. The van der Waals surface area contributed by atoms with Crippen LogP contribution in [-0.4, -0.2) is 60.9 Å². The molecule has 1 aliphatic carbocycles. The number of amides is 2. The number of hydrogen-bond donors (Lipinski definition) is 0. The highest BCUT2D eigenvalue weighted by atomic mass is 16.2. The van der Waals surface area contributed by atoms with Crippen LogP contribution in [0.2, 0.25) is 0 Å². The molecule has 0 atom stereocenters. The lowest BCUT2D eigenvalue weighted by molar-refractivity contribution is -0.141. The van der Waals surface area contributed by atoms with Crippen molar-refractivity contribution >= 4 is 17.5 Å². The summed E-state index contributed by atoms with van der Waals surface area (Å²) in [5, 5.41) is 0. The maximum Gasteiger partial charge on any atom is 0.225 e. The van der Waals surface area contributed by atoms with Crippen molar-refractivity contribution in [3.63, 3.8) is 0 Å². The van der Waals surface area contributed by atoms with Crippen molar-refractivity contribution in [3.8, 4) is 0 Å². The fraction of sp³-hybridized carbons (Fsp3) is 0.652. The zero-order valence-electron chi connectivity index (χ0n) is 17.7. The molecule has 0 unspecified atom stereocenters. The summed E-state index contributed by atoms with van der Waals surface area (Å²) in [6.07, 6.45) is 3.42. The Labute approximate surface area is 169 Å². The van der Waals surface area contributed by atoms with Gasteiger partial charge in [0.1, 0.15) is 0 Å². The summed E-state index contributed by atoms with van der Waals surface area (Å²) in [5.41, 5.74) is 2.52. The first-order valence-electron chi connectivity index (χ1n) is 10.9. The normalized spacial score (nSPS) is 22.8. The van der Waals surface area contributed by atoms with Gasteiger partial charge in [0.15, 0.2) is 0 Å². The van der Waals surface area contributed by atoms with Gasteiger partial charge in [0.2, 0.25) is 11.8 Å². The second-order valence-electron chi connectivity index (χ2n) is 8.21. The number of rotatable bonds is 5. The van der Waals surface area contributed by atoms with Crippen LogP contribution in [0.1, 0.15) is 45.1 Å². The monoisotopic (exact) mass is 385 g/mol. The number of nitrogens with zero attached hydrogens (tertiary/aromatic N) is 3. The van der Waals surface area contributed by atoms with E-state index in [0.717, 1.165) is 65.0 Å². The minimum absolute atomic E-state index is 0.103. The van der Waals surface area contributed by atoms with Gasteiger partial charge in [-0.2, -0.15) is 0 Å². The standard InChI is InChI=1S/C23H35N3O2/c1-4-24(5-2)22(27)19-9-11-20(12-10-19)23(28)26-15-13-25(14-16-26)21-8-6-7-18(3)17-21/h6-8,17,19-20H,4-5,9-16H2,1-3H3. The van der Waals surface area contributed by atoms with Crippen molar-refractivity contribution in [2.24, 2.45) is 11.8 Å². The molecule has 3 rings (SSSR count). The summed E-state index contributed by atoms with van der Waals surface area (Å²) in [7, 11) is 0. The number of aryl methyl sites for hydroxylation is 1. The molecule has 154 valence electrons. The van der Waals surface area contributed by atoms with Crippen LogP contribution in [0, 0.1) is 18.8 Å². The van der Waals surface area contributed by atoms with Crippen molar-refractivity contribution in [1.82, 2.24) is 9.80 Å². The van der Waals surface area contributed by atoms with Gasteiger partial charge in [0.05, 0.1) is 0 Å². The number of piperazine rings is 1. The van der Waals surface area contributed by atoms with Gasteiger partial charge in [-0.1, -0.05) is 12.1 Å². The minimum atomic E-state index is 0.103. The van der Waals surface area contributed by atoms with Crippen LogP contribution >= 0.6 is 0 Å². The lowest BCUT2D eigenvalue weighted by Gasteiger charge is -2.39. The lowest BCUT2D eigenvalue weighted by Crippen LogP contribution is -2.51. The first-order valence-corrected chi connectivity index (χ1v) is 10.9. The average molecular weight is 386 g/mol. The molecule has 28 heavy (non-hydrogen) atoms. The third-order valence-corrected chi connectivity index (χ3v) is 6.46. The number of carbonyl (C=O) groups excluding carboxylic acids is 2. The molecule has 1 aromatic rings. The number of hydrogen-bond acceptors (Lipinski definition) is 3. The molecule has 1 saturated carbocycles. The zero-order chi connectivity index (χ0) is 20.1. The molecule has 2 amide bonds. The molecule has 2 fully saturated rings. The maximum absolute atomic E-state index is 13.0. The molecule has 1 aromatic carbocycles. The van der Waals surface area contributed by atoms with Gasteiger partial charge in [-0.25, -0.2) is 0 Å². The first-order chi connectivity index (χ1) is 13.5. The number of carbonyl (C=O) groups is 2. The van der Waals surface area contributed by atoms with Crippen LogP contribution in [0.4, 0.5) is 5.69 Å². The Morgan fingerprint density at radius 2 is 1.57 bits per heavy atom. The summed E-state index contributed by atoms with van der Waals surface area (Å²) in [4.78, 5) is 31.9. The van der Waals surface area contributed by atoms with Crippen molar-refractivity contribution in [2.75, 3.05) is 44.2 Å². The highest BCUT2D eigenvalue weighted by Crippen LogP contribution is 2.31. The van der Waals surface area contributed by atoms with E-state index >= 15 is 0 Å². The third-order valence-electron chi connectivity index (χ3n) is 6.46. The molecule has 0 N–H and O–H groups in total. The van der Waals surface area contributed by atoms with E-state index < -0.39 is 0 Å². The van der Waals surface area contributed by atoms with E-state index in [-0.39, 0.29) is 17.7 Å². The molecule has 0 aromatic heterocycles. The molecule has 0 bridgehead atoms. The summed E-state index contributed by atoms with van der Waals surface area (Å²) in [5.74, 6) is 0.800. The van der Waals surface area contributed by atoms with Crippen LogP contribution in [-0.2, 0) is 9.59 Å². The maximum atomic E-state index is 13.0. The molecule has 1 heterocycles. The highest BCUT2D eigenvalue weighted by Gasteiger charge is 2.34. The van der Waals surface area contributed by atoms with Crippen molar-refractivity contribution in [1.29, 1.82) is 0 Å². The van der Waals surface area contributed by atoms with Crippen LogP contribution in [0.5, 0.6) is 0 Å². The Bertz CT molecular complexity index is 670. The van der Waals surface area contributed by atoms with E-state index in [1.165, 1.54) is 11.3 Å². The second-order valence-corrected chi connectivity index (χ2v) is 8.21. The predicted molar refractivity (Wildman–Crippen MR) is 113 cm³/mol. The zero-order valence-corrected chi connectivity index (χ0v) is 17.7.